The third-order valence-corrected chi connectivity index (χ3v) is 7.70. The van der Waals surface area contributed by atoms with Gasteiger partial charge in [-0.3, -0.25) is 24.6 Å². The maximum absolute atomic E-state index is 14.6. The van der Waals surface area contributed by atoms with Crippen molar-refractivity contribution >= 4 is 34.3 Å². The summed E-state index contributed by atoms with van der Waals surface area (Å²) in [7, 11) is 0. The lowest BCUT2D eigenvalue weighted by Gasteiger charge is -2.37. The Hall–Kier alpha value is -3.72. The van der Waals surface area contributed by atoms with E-state index in [0.29, 0.717) is 18.7 Å². The van der Waals surface area contributed by atoms with Crippen molar-refractivity contribution in [1.82, 2.24) is 20.1 Å². The predicted octanol–water partition coefficient (Wildman–Crippen LogP) is 2.70. The number of rotatable bonds is 4. The van der Waals surface area contributed by atoms with Crippen LogP contribution in [0, 0.1) is 12.7 Å². The molecule has 2 aromatic carbocycles. The number of piperidine rings is 1. The zero-order chi connectivity index (χ0) is 25.0. The average molecular weight is 490 g/mol. The monoisotopic (exact) mass is 489 g/mol. The summed E-state index contributed by atoms with van der Waals surface area (Å²) in [6.07, 6.45) is 2.56. The molecule has 3 aliphatic rings. The number of carbonyl (C=O) groups is 3. The largest absolute Gasteiger partial charge is 0.369 e. The zero-order valence-corrected chi connectivity index (χ0v) is 20.1. The normalized spacial score (nSPS) is 20.8. The summed E-state index contributed by atoms with van der Waals surface area (Å²) in [5.74, 6) is -1.60. The molecule has 8 nitrogen and oxygen atoms in total. The van der Waals surface area contributed by atoms with E-state index in [1.54, 1.807) is 0 Å². The maximum Gasteiger partial charge on any atom is 0.255 e. The van der Waals surface area contributed by atoms with E-state index in [2.05, 4.69) is 51.4 Å². The first kappa shape index (κ1) is 22.7. The van der Waals surface area contributed by atoms with Crippen molar-refractivity contribution in [3.8, 4) is 0 Å². The minimum Gasteiger partial charge on any atom is -0.369 e. The van der Waals surface area contributed by atoms with Gasteiger partial charge in [-0.2, -0.15) is 0 Å². The number of carbonyl (C=O) groups excluding carboxylic acids is 3. The number of piperazine rings is 1. The minimum absolute atomic E-state index is 0.190. The van der Waals surface area contributed by atoms with Gasteiger partial charge < -0.3 is 14.8 Å². The second-order valence-electron chi connectivity index (χ2n) is 9.93. The quantitative estimate of drug-likeness (QED) is 0.551. The average Bonchev–Trinajstić information content (AvgIpc) is 3.41. The molecule has 3 amide bonds. The molecule has 6 rings (SSSR count). The number of imide groups is 1. The molecular formula is C27H28FN5O3. The van der Waals surface area contributed by atoms with Crippen LogP contribution in [0.1, 0.15) is 39.9 Å². The number of hydrogen-bond donors (Lipinski definition) is 2. The highest BCUT2D eigenvalue weighted by Crippen LogP contribution is 2.36. The highest BCUT2D eigenvalue weighted by atomic mass is 19.1. The standard InChI is InChI=1S/C27H28FN5O3/c1-16-3-2-4-21-25(16)17(13-29-21)14-31-7-9-32(10-8-31)23-12-18(28)11-19-20(23)15-33(27(19)36)22-5-6-24(34)30-26(22)35/h2-4,11-13,22,29H,5-10,14-15H2,1H3,(H,30,34,35). The number of aromatic amines is 1. The lowest BCUT2D eigenvalue weighted by molar-refractivity contribution is -0.136. The van der Waals surface area contributed by atoms with Crippen LogP contribution in [0.15, 0.2) is 36.5 Å². The van der Waals surface area contributed by atoms with Crippen molar-refractivity contribution in [1.29, 1.82) is 0 Å². The lowest BCUT2D eigenvalue weighted by atomic mass is 10.0. The van der Waals surface area contributed by atoms with E-state index in [4.69, 9.17) is 0 Å². The molecule has 0 saturated carbocycles. The first-order valence-electron chi connectivity index (χ1n) is 12.4. The van der Waals surface area contributed by atoms with Crippen LogP contribution in [0.2, 0.25) is 0 Å². The fourth-order valence-corrected chi connectivity index (χ4v) is 5.85. The van der Waals surface area contributed by atoms with Crippen molar-refractivity contribution in [3.05, 3.63) is 64.6 Å². The van der Waals surface area contributed by atoms with Crippen molar-refractivity contribution < 1.29 is 18.8 Å². The summed E-state index contributed by atoms with van der Waals surface area (Å²) < 4.78 is 14.6. The first-order valence-corrected chi connectivity index (χ1v) is 12.4. The van der Waals surface area contributed by atoms with Crippen LogP contribution in [0.3, 0.4) is 0 Å². The molecule has 0 radical (unpaired) electrons. The molecule has 0 aliphatic carbocycles. The van der Waals surface area contributed by atoms with Gasteiger partial charge in [-0.05, 0) is 42.7 Å². The van der Waals surface area contributed by atoms with E-state index in [9.17, 15) is 18.8 Å². The molecule has 3 aliphatic heterocycles. The topological polar surface area (TPSA) is 88.8 Å². The van der Waals surface area contributed by atoms with Gasteiger partial charge in [0.1, 0.15) is 11.9 Å². The Morgan fingerprint density at radius 1 is 1.08 bits per heavy atom. The van der Waals surface area contributed by atoms with E-state index in [1.807, 2.05) is 0 Å². The highest BCUT2D eigenvalue weighted by Gasteiger charge is 2.41. The molecule has 186 valence electrons. The Morgan fingerprint density at radius 2 is 1.89 bits per heavy atom. The second-order valence-corrected chi connectivity index (χ2v) is 9.93. The molecule has 2 fully saturated rings. The molecule has 3 aromatic rings. The fourth-order valence-electron chi connectivity index (χ4n) is 5.85. The van der Waals surface area contributed by atoms with Crippen molar-refractivity contribution in [2.75, 3.05) is 31.1 Å². The van der Waals surface area contributed by atoms with Crippen LogP contribution in [0.4, 0.5) is 10.1 Å². The smallest absolute Gasteiger partial charge is 0.255 e. The van der Waals surface area contributed by atoms with Crippen molar-refractivity contribution in [3.63, 3.8) is 0 Å². The van der Waals surface area contributed by atoms with Crippen molar-refractivity contribution in [2.45, 2.75) is 38.9 Å². The number of hydrogen-bond acceptors (Lipinski definition) is 5. The maximum atomic E-state index is 14.6. The molecule has 2 saturated heterocycles. The number of nitrogens with zero attached hydrogens (tertiary/aromatic N) is 3. The van der Waals surface area contributed by atoms with E-state index in [-0.39, 0.29) is 31.2 Å². The van der Waals surface area contributed by atoms with Gasteiger partial charge in [0.2, 0.25) is 11.8 Å². The summed E-state index contributed by atoms with van der Waals surface area (Å²) in [4.78, 5) is 46.5. The Bertz CT molecular complexity index is 1390. The lowest BCUT2D eigenvalue weighted by Crippen LogP contribution is -2.52. The fraction of sp³-hybridized carbons (Fsp3) is 0.370. The van der Waals surface area contributed by atoms with E-state index in [0.717, 1.165) is 36.4 Å². The number of amides is 3. The Morgan fingerprint density at radius 3 is 2.67 bits per heavy atom. The Labute approximate surface area is 208 Å². The van der Waals surface area contributed by atoms with Gasteiger partial charge in [-0.15, -0.1) is 0 Å². The van der Waals surface area contributed by atoms with Crippen LogP contribution >= 0.6 is 0 Å². The van der Waals surface area contributed by atoms with Gasteiger partial charge in [0, 0.05) is 79.6 Å². The van der Waals surface area contributed by atoms with Gasteiger partial charge in [-0.1, -0.05) is 12.1 Å². The molecule has 0 spiro atoms. The third kappa shape index (κ3) is 3.83. The van der Waals surface area contributed by atoms with Crippen LogP contribution in [-0.2, 0) is 22.7 Å². The number of benzene rings is 2. The number of aryl methyl sites for hydroxylation is 1. The number of fused-ring (bicyclic) bond motifs is 2. The van der Waals surface area contributed by atoms with Crippen LogP contribution < -0.4 is 10.2 Å². The van der Waals surface area contributed by atoms with Crippen molar-refractivity contribution in [2.24, 2.45) is 0 Å². The van der Waals surface area contributed by atoms with Crippen LogP contribution in [0.25, 0.3) is 10.9 Å². The molecule has 1 atom stereocenters. The van der Waals surface area contributed by atoms with Gasteiger partial charge in [0.15, 0.2) is 0 Å². The number of nitrogens with one attached hydrogen (secondary N) is 2. The van der Waals surface area contributed by atoms with Crippen LogP contribution in [-0.4, -0.2) is 64.7 Å². The van der Waals surface area contributed by atoms with Gasteiger partial charge in [0.05, 0.1) is 0 Å². The number of aromatic nitrogens is 1. The Kier molecular flexibility index (Phi) is 5.52. The van der Waals surface area contributed by atoms with E-state index in [1.165, 1.54) is 33.5 Å². The molecule has 36 heavy (non-hydrogen) atoms. The minimum atomic E-state index is -0.713. The Balaban J connectivity index is 1.18. The SMILES string of the molecule is Cc1cccc2[nH]cc(CN3CCN(c4cc(F)cc5c4CN(C4CCC(=O)NC4=O)C5=O)CC3)c12. The molecular weight excluding hydrogens is 461 g/mol. The summed E-state index contributed by atoms with van der Waals surface area (Å²) in [5.41, 5.74) is 5.45. The van der Waals surface area contributed by atoms with Gasteiger partial charge in [0.25, 0.3) is 5.91 Å². The summed E-state index contributed by atoms with van der Waals surface area (Å²) >= 11 is 0. The third-order valence-electron chi connectivity index (χ3n) is 7.70. The molecule has 4 heterocycles. The zero-order valence-electron chi connectivity index (χ0n) is 20.1. The first-order chi connectivity index (χ1) is 17.4. The number of halogens is 1. The molecule has 9 heteroatoms. The predicted molar refractivity (Wildman–Crippen MR) is 133 cm³/mol. The number of anilines is 1. The van der Waals surface area contributed by atoms with Crippen LogP contribution in [0.5, 0.6) is 0 Å². The molecule has 1 unspecified atom stereocenters. The molecule has 1 aromatic heterocycles. The summed E-state index contributed by atoms with van der Waals surface area (Å²) in [6.45, 7) is 6.26. The highest BCUT2D eigenvalue weighted by molar-refractivity contribution is 6.06. The van der Waals surface area contributed by atoms with Gasteiger partial charge >= 0.3 is 0 Å². The van der Waals surface area contributed by atoms with E-state index < -0.39 is 17.8 Å². The summed E-state index contributed by atoms with van der Waals surface area (Å²) in [5, 5.41) is 3.59. The second kappa shape index (κ2) is 8.74. The molecule has 0 bridgehead atoms. The molecule has 2 N–H and O–H groups in total. The van der Waals surface area contributed by atoms with Gasteiger partial charge in [-0.25, -0.2) is 4.39 Å². The summed E-state index contributed by atoms with van der Waals surface area (Å²) in [6, 6.07) is 8.33. The number of H-pyrrole nitrogens is 1. The van der Waals surface area contributed by atoms with E-state index >= 15 is 0 Å².